The van der Waals surface area contributed by atoms with Crippen LogP contribution in [0, 0.1) is 5.92 Å². The lowest BCUT2D eigenvalue weighted by Gasteiger charge is -2.31. The van der Waals surface area contributed by atoms with E-state index < -0.39 is 5.60 Å². The van der Waals surface area contributed by atoms with E-state index in [9.17, 15) is 9.59 Å². The van der Waals surface area contributed by atoms with Crippen LogP contribution in [-0.2, 0) is 19.0 Å². The van der Waals surface area contributed by atoms with Gasteiger partial charge in [0, 0.05) is 12.8 Å². The molecule has 1 aromatic rings. The molecule has 0 aromatic heterocycles. The van der Waals surface area contributed by atoms with Gasteiger partial charge in [0.2, 0.25) is 0 Å². The van der Waals surface area contributed by atoms with Crippen molar-refractivity contribution in [1.29, 1.82) is 0 Å². The van der Waals surface area contributed by atoms with Gasteiger partial charge in [-0.1, -0.05) is 32.0 Å². The number of carbonyl (C=O) groups excluding carboxylic acids is 2. The summed E-state index contributed by atoms with van der Waals surface area (Å²) in [6.45, 7) is 5.80. The molecule has 0 radical (unpaired) electrons. The number of benzene rings is 1. The van der Waals surface area contributed by atoms with Gasteiger partial charge in [-0.25, -0.2) is 4.79 Å². The first-order valence-electron chi connectivity index (χ1n) is 7.52. The molecular weight excluding hydrogens is 284 g/mol. The van der Waals surface area contributed by atoms with E-state index in [2.05, 4.69) is 0 Å². The van der Waals surface area contributed by atoms with E-state index in [0.717, 1.165) is 0 Å². The van der Waals surface area contributed by atoms with Crippen LogP contribution in [-0.4, -0.2) is 36.9 Å². The highest BCUT2D eigenvalue weighted by atomic mass is 16.6. The van der Waals surface area contributed by atoms with Crippen LogP contribution < -0.4 is 0 Å². The van der Waals surface area contributed by atoms with Gasteiger partial charge in [0.25, 0.3) is 0 Å². The van der Waals surface area contributed by atoms with Crippen LogP contribution in [0.3, 0.4) is 0 Å². The van der Waals surface area contributed by atoms with Gasteiger partial charge in [-0.15, -0.1) is 0 Å². The minimum Gasteiger partial charge on any atom is -0.460 e. The molecule has 120 valence electrons. The van der Waals surface area contributed by atoms with Gasteiger partial charge < -0.3 is 14.2 Å². The van der Waals surface area contributed by atoms with Gasteiger partial charge >= 0.3 is 11.9 Å². The minimum absolute atomic E-state index is 0.0371. The molecule has 0 saturated carbocycles. The average Bonchev–Trinajstić information content (AvgIpc) is 2.83. The van der Waals surface area contributed by atoms with E-state index in [1.807, 2.05) is 19.9 Å². The Kier molecular flexibility index (Phi) is 5.19. The Morgan fingerprint density at radius 3 is 2.59 bits per heavy atom. The summed E-state index contributed by atoms with van der Waals surface area (Å²) in [7, 11) is 0. The molecule has 5 heteroatoms. The highest BCUT2D eigenvalue weighted by Gasteiger charge is 2.48. The van der Waals surface area contributed by atoms with Crippen LogP contribution in [0.2, 0.25) is 0 Å². The standard InChI is InChI=1S/C17H22O5/c1-4-17(12(2)15(10-21-17)22-13(3)18)11-20-16(19)14-8-6-5-7-9-14/h5-9,12,15H,4,10-11H2,1-3H3/t12-,15+,17-/m1/s1. The van der Waals surface area contributed by atoms with E-state index in [1.54, 1.807) is 24.3 Å². The largest absolute Gasteiger partial charge is 0.460 e. The number of hydrogen-bond donors (Lipinski definition) is 0. The number of rotatable bonds is 5. The minimum atomic E-state index is -0.607. The second kappa shape index (κ2) is 6.92. The van der Waals surface area contributed by atoms with Crippen molar-refractivity contribution in [3.8, 4) is 0 Å². The first kappa shape index (κ1) is 16.5. The van der Waals surface area contributed by atoms with Crippen molar-refractivity contribution in [1.82, 2.24) is 0 Å². The summed E-state index contributed by atoms with van der Waals surface area (Å²) in [6.07, 6.45) is 0.376. The summed E-state index contributed by atoms with van der Waals surface area (Å²) in [4.78, 5) is 23.2. The third kappa shape index (κ3) is 3.47. The quantitative estimate of drug-likeness (QED) is 0.782. The lowest BCUT2D eigenvalue weighted by atomic mass is 9.86. The monoisotopic (exact) mass is 306 g/mol. The second-order valence-electron chi connectivity index (χ2n) is 5.61. The number of esters is 2. The maximum atomic E-state index is 12.1. The Morgan fingerprint density at radius 2 is 2.00 bits per heavy atom. The molecule has 1 aliphatic heterocycles. The SMILES string of the molecule is CC[C@]1(COC(=O)c2ccccc2)OC[C@H](OC(C)=O)[C@H]1C. The van der Waals surface area contributed by atoms with Crippen LogP contribution in [0.1, 0.15) is 37.6 Å². The molecular formula is C17H22O5. The van der Waals surface area contributed by atoms with Crippen LogP contribution >= 0.6 is 0 Å². The van der Waals surface area contributed by atoms with Gasteiger partial charge in [0.15, 0.2) is 0 Å². The van der Waals surface area contributed by atoms with Crippen LogP contribution in [0.15, 0.2) is 30.3 Å². The van der Waals surface area contributed by atoms with Crippen molar-refractivity contribution in [2.75, 3.05) is 13.2 Å². The molecule has 1 saturated heterocycles. The molecule has 0 amide bonds. The summed E-state index contributed by atoms with van der Waals surface area (Å²) in [6, 6.07) is 8.84. The molecule has 0 spiro atoms. The Hall–Kier alpha value is -1.88. The lowest BCUT2D eigenvalue weighted by Crippen LogP contribution is -2.42. The first-order chi connectivity index (χ1) is 10.5. The van der Waals surface area contributed by atoms with Gasteiger partial charge in [0.05, 0.1) is 12.2 Å². The predicted octanol–water partition coefficient (Wildman–Crippen LogP) is 2.59. The number of carbonyl (C=O) groups is 2. The van der Waals surface area contributed by atoms with E-state index in [1.165, 1.54) is 6.92 Å². The maximum absolute atomic E-state index is 12.1. The fourth-order valence-corrected chi connectivity index (χ4v) is 2.76. The molecule has 0 unspecified atom stereocenters. The van der Waals surface area contributed by atoms with Crippen molar-refractivity contribution >= 4 is 11.9 Å². The Balaban J connectivity index is 2.00. The van der Waals surface area contributed by atoms with Gasteiger partial charge in [-0.3, -0.25) is 4.79 Å². The number of ether oxygens (including phenoxy) is 3. The lowest BCUT2D eigenvalue weighted by molar-refractivity contribution is -0.147. The highest BCUT2D eigenvalue weighted by Crippen LogP contribution is 2.37. The van der Waals surface area contributed by atoms with Crippen LogP contribution in [0.4, 0.5) is 0 Å². The zero-order valence-electron chi connectivity index (χ0n) is 13.2. The zero-order chi connectivity index (χ0) is 16.2. The molecule has 2 rings (SSSR count). The third-order valence-electron chi connectivity index (χ3n) is 4.30. The normalized spacial score (nSPS) is 27.4. The van der Waals surface area contributed by atoms with Crippen molar-refractivity contribution < 1.29 is 23.8 Å². The van der Waals surface area contributed by atoms with Crippen molar-refractivity contribution in [3.63, 3.8) is 0 Å². The molecule has 0 bridgehead atoms. The van der Waals surface area contributed by atoms with E-state index in [-0.39, 0.29) is 30.6 Å². The first-order valence-corrected chi connectivity index (χ1v) is 7.52. The highest BCUT2D eigenvalue weighted by molar-refractivity contribution is 5.89. The van der Waals surface area contributed by atoms with Crippen molar-refractivity contribution in [2.24, 2.45) is 5.92 Å². The molecule has 5 nitrogen and oxygen atoms in total. The second-order valence-corrected chi connectivity index (χ2v) is 5.61. The Labute approximate surface area is 130 Å². The zero-order valence-corrected chi connectivity index (χ0v) is 13.2. The van der Waals surface area contributed by atoms with Gasteiger partial charge in [0.1, 0.15) is 18.3 Å². The topological polar surface area (TPSA) is 61.8 Å². The Bertz CT molecular complexity index is 527. The van der Waals surface area contributed by atoms with Crippen LogP contribution in [0.25, 0.3) is 0 Å². The fourth-order valence-electron chi connectivity index (χ4n) is 2.76. The molecule has 0 N–H and O–H groups in total. The summed E-state index contributed by atoms with van der Waals surface area (Å²) in [5.41, 5.74) is -0.0965. The predicted molar refractivity (Wildman–Crippen MR) is 80.4 cm³/mol. The molecule has 3 atom stereocenters. The van der Waals surface area contributed by atoms with Gasteiger partial charge in [-0.2, -0.15) is 0 Å². The Morgan fingerprint density at radius 1 is 1.32 bits per heavy atom. The third-order valence-corrected chi connectivity index (χ3v) is 4.30. The van der Waals surface area contributed by atoms with Gasteiger partial charge in [-0.05, 0) is 18.6 Å². The number of hydrogen-bond acceptors (Lipinski definition) is 5. The molecule has 1 aliphatic rings. The molecule has 1 aromatic carbocycles. The van der Waals surface area contributed by atoms with Crippen molar-refractivity contribution in [3.05, 3.63) is 35.9 Å². The summed E-state index contributed by atoms with van der Waals surface area (Å²) in [5, 5.41) is 0. The fraction of sp³-hybridized carbons (Fsp3) is 0.529. The van der Waals surface area contributed by atoms with E-state index >= 15 is 0 Å². The maximum Gasteiger partial charge on any atom is 0.338 e. The summed E-state index contributed by atoms with van der Waals surface area (Å²) >= 11 is 0. The smallest absolute Gasteiger partial charge is 0.338 e. The molecule has 22 heavy (non-hydrogen) atoms. The molecule has 1 heterocycles. The summed E-state index contributed by atoms with van der Waals surface area (Å²) < 4.78 is 16.5. The van der Waals surface area contributed by atoms with Crippen LogP contribution in [0.5, 0.6) is 0 Å². The van der Waals surface area contributed by atoms with E-state index in [4.69, 9.17) is 14.2 Å². The average molecular weight is 306 g/mol. The van der Waals surface area contributed by atoms with Crippen molar-refractivity contribution in [2.45, 2.75) is 38.9 Å². The molecule has 0 aliphatic carbocycles. The summed E-state index contributed by atoms with van der Waals surface area (Å²) in [5.74, 6) is -0.737. The van der Waals surface area contributed by atoms with E-state index in [0.29, 0.717) is 18.6 Å². The molecule has 1 fully saturated rings.